The lowest BCUT2D eigenvalue weighted by molar-refractivity contribution is 0.0697. The zero-order valence-corrected chi connectivity index (χ0v) is 8.92. The second-order valence-corrected chi connectivity index (χ2v) is 3.39. The first-order chi connectivity index (χ1) is 8.18. The van der Waals surface area contributed by atoms with Crippen molar-refractivity contribution in [3.05, 3.63) is 47.9 Å². The molecule has 0 aliphatic heterocycles. The molecule has 0 atom stereocenters. The number of nitrogens with two attached hydrogens (primary N) is 1. The maximum absolute atomic E-state index is 10.9. The Labute approximate surface area is 97.4 Å². The van der Waals surface area contributed by atoms with Gasteiger partial charge in [-0.05, 0) is 24.3 Å². The van der Waals surface area contributed by atoms with Crippen LogP contribution >= 0.6 is 0 Å². The second kappa shape index (κ2) is 4.61. The first-order valence-corrected chi connectivity index (χ1v) is 4.95. The molecule has 88 valence electrons. The van der Waals surface area contributed by atoms with E-state index in [-0.39, 0.29) is 17.9 Å². The van der Waals surface area contributed by atoms with Crippen LogP contribution in [0.4, 0.5) is 5.69 Å². The van der Waals surface area contributed by atoms with Gasteiger partial charge >= 0.3 is 5.97 Å². The van der Waals surface area contributed by atoms with E-state index in [1.165, 1.54) is 12.3 Å². The first kappa shape index (κ1) is 11.1. The third-order valence-corrected chi connectivity index (χ3v) is 2.25. The summed E-state index contributed by atoms with van der Waals surface area (Å²) in [6.45, 7) is 0.209. The predicted octanol–water partition coefficient (Wildman–Crippen LogP) is 2.14. The van der Waals surface area contributed by atoms with Gasteiger partial charge in [-0.15, -0.1) is 0 Å². The Morgan fingerprint density at radius 3 is 2.82 bits per heavy atom. The molecule has 0 saturated carbocycles. The number of benzene rings is 1. The zero-order chi connectivity index (χ0) is 12.3. The van der Waals surface area contributed by atoms with Crippen LogP contribution in [0.25, 0.3) is 0 Å². The summed E-state index contributed by atoms with van der Waals surface area (Å²) in [6.07, 6.45) is 1.54. The molecule has 1 aromatic heterocycles. The van der Waals surface area contributed by atoms with Crippen molar-refractivity contribution in [2.75, 3.05) is 5.73 Å². The number of anilines is 1. The van der Waals surface area contributed by atoms with Crippen molar-refractivity contribution in [1.29, 1.82) is 0 Å². The van der Waals surface area contributed by atoms with Crippen LogP contribution in [0.2, 0.25) is 0 Å². The maximum atomic E-state index is 10.9. The molecule has 0 radical (unpaired) electrons. The van der Waals surface area contributed by atoms with Crippen molar-refractivity contribution in [1.82, 2.24) is 0 Å². The molecule has 0 amide bonds. The average Bonchev–Trinajstić information content (AvgIpc) is 2.80. The van der Waals surface area contributed by atoms with Gasteiger partial charge in [-0.3, -0.25) is 0 Å². The molecular weight excluding hydrogens is 222 g/mol. The molecule has 0 aliphatic rings. The molecule has 1 heterocycles. The summed E-state index contributed by atoms with van der Waals surface area (Å²) in [5, 5.41) is 8.89. The highest BCUT2D eigenvalue weighted by Gasteiger charge is 2.12. The van der Waals surface area contributed by atoms with E-state index >= 15 is 0 Å². The smallest absolute Gasteiger partial charge is 0.337 e. The first-order valence-electron chi connectivity index (χ1n) is 4.95. The Balaban J connectivity index is 2.16. The van der Waals surface area contributed by atoms with Crippen LogP contribution < -0.4 is 10.5 Å². The standard InChI is InChI=1S/C12H11NO4/c13-11-9(12(14)15)4-1-5-10(11)17-7-8-3-2-6-16-8/h1-6H,7,13H2,(H,14,15). The molecular formula is C12H11NO4. The molecule has 0 unspecified atom stereocenters. The minimum Gasteiger partial charge on any atom is -0.483 e. The lowest BCUT2D eigenvalue weighted by Gasteiger charge is -2.09. The summed E-state index contributed by atoms with van der Waals surface area (Å²) in [6, 6.07) is 8.13. The second-order valence-electron chi connectivity index (χ2n) is 3.39. The highest BCUT2D eigenvalue weighted by Crippen LogP contribution is 2.26. The molecule has 5 heteroatoms. The Kier molecular flexibility index (Phi) is 3.00. The number of carbonyl (C=O) groups is 1. The molecule has 1 aromatic carbocycles. The minimum absolute atomic E-state index is 0.0296. The van der Waals surface area contributed by atoms with E-state index in [0.29, 0.717) is 11.5 Å². The van der Waals surface area contributed by atoms with Gasteiger partial charge in [0, 0.05) is 0 Å². The number of aromatic carboxylic acids is 1. The van der Waals surface area contributed by atoms with Gasteiger partial charge in [-0.25, -0.2) is 4.79 Å². The fourth-order valence-electron chi connectivity index (χ4n) is 1.40. The normalized spacial score (nSPS) is 10.1. The number of rotatable bonds is 4. The maximum Gasteiger partial charge on any atom is 0.337 e. The van der Waals surface area contributed by atoms with E-state index in [4.69, 9.17) is 20.0 Å². The van der Waals surface area contributed by atoms with Crippen LogP contribution in [0.15, 0.2) is 41.0 Å². The summed E-state index contributed by atoms with van der Waals surface area (Å²) in [7, 11) is 0. The molecule has 0 saturated heterocycles. The van der Waals surface area contributed by atoms with Gasteiger partial charge in [-0.1, -0.05) is 6.07 Å². The molecule has 0 aliphatic carbocycles. The van der Waals surface area contributed by atoms with E-state index in [0.717, 1.165) is 0 Å². The highest BCUT2D eigenvalue weighted by molar-refractivity contribution is 5.95. The van der Waals surface area contributed by atoms with Crippen LogP contribution in [-0.4, -0.2) is 11.1 Å². The largest absolute Gasteiger partial charge is 0.483 e. The zero-order valence-electron chi connectivity index (χ0n) is 8.92. The van der Waals surface area contributed by atoms with Crippen molar-refractivity contribution in [2.45, 2.75) is 6.61 Å². The van der Waals surface area contributed by atoms with Crippen molar-refractivity contribution in [3.63, 3.8) is 0 Å². The number of hydrogen-bond donors (Lipinski definition) is 2. The quantitative estimate of drug-likeness (QED) is 0.790. The molecule has 2 rings (SSSR count). The van der Waals surface area contributed by atoms with Crippen LogP contribution in [0, 0.1) is 0 Å². The van der Waals surface area contributed by atoms with Gasteiger partial charge in [0.25, 0.3) is 0 Å². The van der Waals surface area contributed by atoms with E-state index in [1.54, 1.807) is 24.3 Å². The Bertz CT molecular complexity index is 519. The molecule has 3 N–H and O–H groups in total. The molecule has 0 fully saturated rings. The monoisotopic (exact) mass is 233 g/mol. The van der Waals surface area contributed by atoms with Crippen molar-refractivity contribution in [3.8, 4) is 5.75 Å². The molecule has 0 bridgehead atoms. The summed E-state index contributed by atoms with van der Waals surface area (Å²) in [4.78, 5) is 10.9. The fraction of sp³-hybridized carbons (Fsp3) is 0.0833. The predicted molar refractivity (Wildman–Crippen MR) is 60.9 cm³/mol. The van der Waals surface area contributed by atoms with Gasteiger partial charge in [0.05, 0.1) is 17.5 Å². The Morgan fingerprint density at radius 2 is 2.18 bits per heavy atom. The average molecular weight is 233 g/mol. The summed E-state index contributed by atoms with van der Waals surface area (Å²) in [5.41, 5.74) is 5.83. The van der Waals surface area contributed by atoms with Crippen LogP contribution in [0.5, 0.6) is 5.75 Å². The molecule has 17 heavy (non-hydrogen) atoms. The van der Waals surface area contributed by atoms with Crippen LogP contribution in [-0.2, 0) is 6.61 Å². The van der Waals surface area contributed by atoms with Gasteiger partial charge < -0.3 is 20.0 Å². The van der Waals surface area contributed by atoms with E-state index in [1.807, 2.05) is 0 Å². The van der Waals surface area contributed by atoms with E-state index in [9.17, 15) is 4.79 Å². The number of carboxylic acid groups (broad SMARTS) is 1. The Hall–Kier alpha value is -2.43. The van der Waals surface area contributed by atoms with Crippen molar-refractivity contribution in [2.24, 2.45) is 0 Å². The van der Waals surface area contributed by atoms with Crippen molar-refractivity contribution >= 4 is 11.7 Å². The number of nitrogen functional groups attached to an aromatic ring is 1. The number of furan rings is 1. The van der Waals surface area contributed by atoms with Crippen LogP contribution in [0.3, 0.4) is 0 Å². The summed E-state index contributed by atoms with van der Waals surface area (Å²) < 4.78 is 10.5. The van der Waals surface area contributed by atoms with E-state index in [2.05, 4.69) is 0 Å². The van der Waals surface area contributed by atoms with Crippen molar-refractivity contribution < 1.29 is 19.1 Å². The third kappa shape index (κ3) is 2.39. The highest BCUT2D eigenvalue weighted by atomic mass is 16.5. The number of carboxylic acids is 1. The van der Waals surface area contributed by atoms with Gasteiger partial charge in [0.1, 0.15) is 18.1 Å². The lowest BCUT2D eigenvalue weighted by Crippen LogP contribution is -2.05. The lowest BCUT2D eigenvalue weighted by atomic mass is 10.1. The summed E-state index contributed by atoms with van der Waals surface area (Å²) in [5.74, 6) is -0.0997. The number of para-hydroxylation sites is 1. The topological polar surface area (TPSA) is 85.7 Å². The minimum atomic E-state index is -1.08. The SMILES string of the molecule is Nc1c(OCc2ccco2)cccc1C(=O)O. The van der Waals surface area contributed by atoms with Gasteiger partial charge in [0.2, 0.25) is 0 Å². The fourth-order valence-corrected chi connectivity index (χ4v) is 1.40. The van der Waals surface area contributed by atoms with E-state index < -0.39 is 5.97 Å². The van der Waals surface area contributed by atoms with Crippen LogP contribution in [0.1, 0.15) is 16.1 Å². The number of hydrogen-bond acceptors (Lipinski definition) is 4. The summed E-state index contributed by atoms with van der Waals surface area (Å²) >= 11 is 0. The molecule has 2 aromatic rings. The molecule has 5 nitrogen and oxygen atoms in total. The van der Waals surface area contributed by atoms with Gasteiger partial charge in [0.15, 0.2) is 0 Å². The van der Waals surface area contributed by atoms with Gasteiger partial charge in [-0.2, -0.15) is 0 Å². The molecule has 0 spiro atoms. The third-order valence-electron chi connectivity index (χ3n) is 2.25. The number of ether oxygens (including phenoxy) is 1. The Morgan fingerprint density at radius 1 is 1.35 bits per heavy atom.